The molecule has 0 aliphatic heterocycles. The van der Waals surface area contributed by atoms with Crippen molar-refractivity contribution < 1.29 is 14.4 Å². The lowest BCUT2D eigenvalue weighted by molar-refractivity contribution is -0.124. The van der Waals surface area contributed by atoms with E-state index in [1.165, 1.54) is 23.3 Å². The highest BCUT2D eigenvalue weighted by Crippen LogP contribution is 2.33. The van der Waals surface area contributed by atoms with Gasteiger partial charge in [-0.1, -0.05) is 18.2 Å². The topological polar surface area (TPSA) is 77.2 Å². The molecule has 5 nitrogen and oxygen atoms in total. The molecule has 1 amide bonds. The van der Waals surface area contributed by atoms with Gasteiger partial charge in [-0.25, -0.2) is 9.87 Å². The van der Waals surface area contributed by atoms with E-state index in [1.54, 1.807) is 17.6 Å². The lowest BCUT2D eigenvalue weighted by Gasteiger charge is -2.15. The van der Waals surface area contributed by atoms with Crippen LogP contribution in [0.25, 0.3) is 16.5 Å². The third-order valence-corrected chi connectivity index (χ3v) is 5.98. The Hall–Kier alpha value is -2.96. The van der Waals surface area contributed by atoms with E-state index in [2.05, 4.69) is 22.4 Å². The van der Waals surface area contributed by atoms with Gasteiger partial charge in [-0.3, -0.25) is 10.0 Å². The van der Waals surface area contributed by atoms with Crippen molar-refractivity contribution in [1.29, 1.82) is 0 Å². The van der Waals surface area contributed by atoms with Gasteiger partial charge in [0.05, 0.1) is 0 Å². The summed E-state index contributed by atoms with van der Waals surface area (Å²) in [6, 6.07) is 11.4. The van der Waals surface area contributed by atoms with Gasteiger partial charge in [0.25, 0.3) is 5.91 Å². The van der Waals surface area contributed by atoms with E-state index < -0.39 is 5.91 Å². The van der Waals surface area contributed by atoms with E-state index >= 15 is 0 Å². The maximum absolute atomic E-state index is 13.7. The summed E-state index contributed by atoms with van der Waals surface area (Å²) in [5.41, 5.74) is 9.21. The van der Waals surface area contributed by atoms with Gasteiger partial charge in [-0.05, 0) is 85.7 Å². The predicted octanol–water partition coefficient (Wildman–Crippen LogP) is 4.34. The van der Waals surface area contributed by atoms with Crippen LogP contribution in [-0.2, 0) is 17.6 Å². The second kappa shape index (κ2) is 8.42. The van der Waals surface area contributed by atoms with Crippen LogP contribution in [0.3, 0.4) is 0 Å². The zero-order chi connectivity index (χ0) is 21.3. The Labute approximate surface area is 175 Å². The summed E-state index contributed by atoms with van der Waals surface area (Å²) in [4.78, 5) is 14.7. The fourth-order valence-corrected chi connectivity index (χ4v) is 4.44. The Balaban J connectivity index is 1.44. The molecule has 1 aliphatic rings. The first kappa shape index (κ1) is 20.3. The number of hydroxylamine groups is 1. The molecule has 1 aromatic heterocycles. The van der Waals surface area contributed by atoms with Crippen molar-refractivity contribution in [3.05, 3.63) is 76.2 Å². The first-order valence-corrected chi connectivity index (χ1v) is 10.2. The predicted molar refractivity (Wildman–Crippen MR) is 116 cm³/mol. The highest BCUT2D eigenvalue weighted by Gasteiger charge is 2.22. The van der Waals surface area contributed by atoms with Crippen LogP contribution < -0.4 is 10.8 Å². The zero-order valence-corrected chi connectivity index (χ0v) is 17.2. The molecule has 0 saturated carbocycles. The van der Waals surface area contributed by atoms with Crippen molar-refractivity contribution in [2.75, 3.05) is 6.54 Å². The molecular weight excluding hydrogens is 381 g/mol. The summed E-state index contributed by atoms with van der Waals surface area (Å²) in [5, 5.41) is 13.3. The minimum atomic E-state index is -0.528. The average Bonchev–Trinajstić information content (AvgIpc) is 3.28. The van der Waals surface area contributed by atoms with E-state index in [0.717, 1.165) is 59.1 Å². The highest BCUT2D eigenvalue weighted by molar-refractivity contribution is 5.94. The number of allylic oxidation sites excluding steroid dienone is 1. The summed E-state index contributed by atoms with van der Waals surface area (Å²) in [6.07, 6.45) is 4.23. The maximum atomic E-state index is 13.7. The van der Waals surface area contributed by atoms with E-state index in [0.29, 0.717) is 6.04 Å². The fourth-order valence-electron chi connectivity index (χ4n) is 4.44. The molecule has 0 bridgehead atoms. The molecule has 4 rings (SSSR count). The minimum Gasteiger partial charge on any atom is -0.358 e. The molecule has 0 fully saturated rings. The van der Waals surface area contributed by atoms with Crippen LogP contribution in [0.1, 0.15) is 47.3 Å². The first-order chi connectivity index (χ1) is 14.5. The number of aromatic nitrogens is 1. The van der Waals surface area contributed by atoms with Crippen molar-refractivity contribution in [1.82, 2.24) is 15.8 Å². The van der Waals surface area contributed by atoms with Gasteiger partial charge < -0.3 is 10.3 Å². The number of amides is 1. The normalized spacial score (nSPS) is 16.1. The number of H-pyrrole nitrogens is 1. The van der Waals surface area contributed by atoms with Crippen LogP contribution in [0.15, 0.2) is 42.5 Å². The Morgan fingerprint density at radius 1 is 1.30 bits per heavy atom. The molecule has 0 radical (unpaired) electrons. The number of fused-ring (bicyclic) bond motifs is 2. The van der Waals surface area contributed by atoms with Gasteiger partial charge in [-0.2, -0.15) is 0 Å². The molecule has 2 aromatic carbocycles. The molecule has 1 unspecified atom stereocenters. The number of benzene rings is 2. The zero-order valence-electron chi connectivity index (χ0n) is 17.2. The molecule has 30 heavy (non-hydrogen) atoms. The molecule has 6 heteroatoms. The van der Waals surface area contributed by atoms with Crippen molar-refractivity contribution in [2.24, 2.45) is 0 Å². The van der Waals surface area contributed by atoms with Crippen LogP contribution in [0, 0.1) is 12.7 Å². The van der Waals surface area contributed by atoms with E-state index in [9.17, 15) is 9.18 Å². The highest BCUT2D eigenvalue weighted by atomic mass is 19.1. The van der Waals surface area contributed by atoms with Gasteiger partial charge in [0.1, 0.15) is 5.82 Å². The van der Waals surface area contributed by atoms with Crippen molar-refractivity contribution in [2.45, 2.75) is 39.2 Å². The summed E-state index contributed by atoms with van der Waals surface area (Å²) in [7, 11) is 0. The Bertz CT molecular complexity index is 1130. The molecule has 4 N–H and O–H groups in total. The van der Waals surface area contributed by atoms with Crippen LogP contribution in [0.4, 0.5) is 4.39 Å². The lowest BCUT2D eigenvalue weighted by atomic mass is 10.00. The molecule has 1 aliphatic carbocycles. The molecule has 1 atom stereocenters. The van der Waals surface area contributed by atoms with E-state index in [-0.39, 0.29) is 5.82 Å². The monoisotopic (exact) mass is 407 g/mol. The number of aromatic amines is 1. The van der Waals surface area contributed by atoms with Crippen LogP contribution >= 0.6 is 0 Å². The summed E-state index contributed by atoms with van der Waals surface area (Å²) < 4.78 is 13.7. The molecule has 0 saturated heterocycles. The van der Waals surface area contributed by atoms with Gasteiger partial charge in [0.15, 0.2) is 0 Å². The van der Waals surface area contributed by atoms with Gasteiger partial charge >= 0.3 is 0 Å². The second-order valence-electron chi connectivity index (χ2n) is 7.93. The quantitative estimate of drug-likeness (QED) is 0.279. The second-order valence-corrected chi connectivity index (χ2v) is 7.93. The first-order valence-electron chi connectivity index (χ1n) is 10.2. The molecule has 156 valence electrons. The van der Waals surface area contributed by atoms with E-state index in [4.69, 9.17) is 5.21 Å². The Morgan fingerprint density at radius 2 is 2.13 bits per heavy atom. The minimum absolute atomic E-state index is 0.211. The number of aryl methyl sites for hydroxylation is 2. The Morgan fingerprint density at radius 3 is 2.93 bits per heavy atom. The lowest BCUT2D eigenvalue weighted by Crippen LogP contribution is -2.22. The van der Waals surface area contributed by atoms with Crippen molar-refractivity contribution in [3.63, 3.8) is 0 Å². The average molecular weight is 407 g/mol. The van der Waals surface area contributed by atoms with E-state index in [1.807, 2.05) is 19.9 Å². The largest absolute Gasteiger partial charge is 0.358 e. The van der Waals surface area contributed by atoms with Crippen LogP contribution in [0.2, 0.25) is 0 Å². The fraction of sp³-hybridized carbons (Fsp3) is 0.292. The molecule has 1 heterocycles. The standard InChI is InChI=1S/C24H26FN3O2/c1-14(11-24(29)28-30)16-3-6-20-17(12-16)4-7-22(20)26-10-9-19-15(2)27-23-8-5-18(25)13-21(19)23/h3,5-6,8,11-13,22,26-27,30H,4,7,9-10H2,1-2H3,(H,28,29). The molecular formula is C24H26FN3O2. The van der Waals surface area contributed by atoms with Crippen LogP contribution in [-0.4, -0.2) is 22.6 Å². The van der Waals surface area contributed by atoms with Gasteiger partial charge in [0.2, 0.25) is 0 Å². The number of carbonyl (C=O) groups excluding carboxylic acids is 1. The molecule has 3 aromatic rings. The summed E-state index contributed by atoms with van der Waals surface area (Å²) in [5.74, 6) is -0.739. The maximum Gasteiger partial charge on any atom is 0.267 e. The van der Waals surface area contributed by atoms with Gasteiger partial charge in [-0.15, -0.1) is 0 Å². The number of rotatable bonds is 6. The summed E-state index contributed by atoms with van der Waals surface area (Å²) in [6.45, 7) is 4.70. The SMILES string of the molecule is CC(=CC(=O)NO)c1ccc2c(c1)CCC2NCCc1c(C)[nH]c2ccc(F)cc12. The number of nitrogens with one attached hydrogen (secondary N) is 3. The number of halogens is 1. The van der Waals surface area contributed by atoms with Gasteiger partial charge in [0, 0.05) is 28.7 Å². The summed E-state index contributed by atoms with van der Waals surface area (Å²) >= 11 is 0. The van der Waals surface area contributed by atoms with Crippen molar-refractivity contribution in [3.8, 4) is 0 Å². The smallest absolute Gasteiger partial charge is 0.267 e. The molecule has 0 spiro atoms. The van der Waals surface area contributed by atoms with Crippen molar-refractivity contribution >= 4 is 22.4 Å². The number of carbonyl (C=O) groups is 1. The third kappa shape index (κ3) is 4.01. The third-order valence-electron chi connectivity index (χ3n) is 5.98. The Kier molecular flexibility index (Phi) is 5.70. The number of hydrogen-bond donors (Lipinski definition) is 4. The van der Waals surface area contributed by atoms with Crippen LogP contribution in [0.5, 0.6) is 0 Å². The number of hydrogen-bond acceptors (Lipinski definition) is 3.